The number of hydrogen-bond donors (Lipinski definition) is 1. The van der Waals surface area contributed by atoms with Gasteiger partial charge < -0.3 is 10.1 Å². The van der Waals surface area contributed by atoms with E-state index in [1.54, 1.807) is 12.3 Å². The van der Waals surface area contributed by atoms with Crippen molar-refractivity contribution in [1.82, 2.24) is 10.3 Å². The Bertz CT molecular complexity index is 637. The van der Waals surface area contributed by atoms with Crippen LogP contribution >= 0.6 is 0 Å². The average molecular weight is 296 g/mol. The van der Waals surface area contributed by atoms with Gasteiger partial charge in [-0.1, -0.05) is 18.2 Å². The second kappa shape index (κ2) is 7.98. The lowest BCUT2D eigenvalue weighted by molar-refractivity contribution is -0.116. The van der Waals surface area contributed by atoms with Crippen molar-refractivity contribution in [3.05, 3.63) is 66.0 Å². The SMILES string of the molecule is CC(C)Oc1cccc(/C=C/C(=O)NCc2ccccn2)c1. The van der Waals surface area contributed by atoms with Crippen LogP contribution < -0.4 is 10.1 Å². The van der Waals surface area contributed by atoms with Crippen molar-refractivity contribution in [2.75, 3.05) is 0 Å². The summed E-state index contributed by atoms with van der Waals surface area (Å²) < 4.78 is 5.62. The third kappa shape index (κ3) is 5.40. The van der Waals surface area contributed by atoms with E-state index in [1.807, 2.05) is 56.3 Å². The van der Waals surface area contributed by atoms with Crippen LogP contribution in [-0.2, 0) is 11.3 Å². The number of rotatable bonds is 6. The highest BCUT2D eigenvalue weighted by molar-refractivity contribution is 5.91. The number of ether oxygens (including phenoxy) is 1. The van der Waals surface area contributed by atoms with Crippen molar-refractivity contribution in [3.63, 3.8) is 0 Å². The quantitative estimate of drug-likeness (QED) is 0.833. The molecular weight excluding hydrogens is 276 g/mol. The van der Waals surface area contributed by atoms with Gasteiger partial charge in [0, 0.05) is 12.3 Å². The third-order valence-corrected chi connectivity index (χ3v) is 2.83. The number of carbonyl (C=O) groups excluding carboxylic acids is 1. The smallest absolute Gasteiger partial charge is 0.244 e. The number of nitrogens with zero attached hydrogens (tertiary/aromatic N) is 1. The molecule has 1 heterocycles. The number of amides is 1. The number of hydrogen-bond acceptors (Lipinski definition) is 3. The van der Waals surface area contributed by atoms with Gasteiger partial charge in [-0.15, -0.1) is 0 Å². The van der Waals surface area contributed by atoms with Crippen molar-refractivity contribution in [1.29, 1.82) is 0 Å². The normalized spacial score (nSPS) is 10.9. The molecule has 0 fully saturated rings. The van der Waals surface area contributed by atoms with E-state index in [9.17, 15) is 4.79 Å². The number of aromatic nitrogens is 1. The van der Waals surface area contributed by atoms with Crippen LogP contribution in [0.2, 0.25) is 0 Å². The fourth-order valence-corrected chi connectivity index (χ4v) is 1.87. The maximum atomic E-state index is 11.8. The summed E-state index contributed by atoms with van der Waals surface area (Å²) in [5, 5.41) is 2.80. The predicted molar refractivity (Wildman–Crippen MR) is 87.3 cm³/mol. The summed E-state index contributed by atoms with van der Waals surface area (Å²) >= 11 is 0. The second-order valence-electron chi connectivity index (χ2n) is 5.11. The molecule has 0 unspecified atom stereocenters. The van der Waals surface area contributed by atoms with Gasteiger partial charge in [-0.25, -0.2) is 0 Å². The van der Waals surface area contributed by atoms with E-state index >= 15 is 0 Å². The summed E-state index contributed by atoms with van der Waals surface area (Å²) in [7, 11) is 0. The van der Waals surface area contributed by atoms with Crippen LogP contribution in [0.25, 0.3) is 6.08 Å². The monoisotopic (exact) mass is 296 g/mol. The average Bonchev–Trinajstić information content (AvgIpc) is 2.52. The molecule has 1 aromatic heterocycles. The van der Waals surface area contributed by atoms with Gasteiger partial charge in [0.2, 0.25) is 5.91 Å². The van der Waals surface area contributed by atoms with Crippen LogP contribution in [0.15, 0.2) is 54.7 Å². The lowest BCUT2D eigenvalue weighted by atomic mass is 10.2. The third-order valence-electron chi connectivity index (χ3n) is 2.83. The minimum atomic E-state index is -0.152. The zero-order valence-corrected chi connectivity index (χ0v) is 12.8. The lowest BCUT2D eigenvalue weighted by Gasteiger charge is -2.09. The summed E-state index contributed by atoms with van der Waals surface area (Å²) in [4.78, 5) is 15.9. The van der Waals surface area contributed by atoms with Gasteiger partial charge >= 0.3 is 0 Å². The van der Waals surface area contributed by atoms with E-state index < -0.39 is 0 Å². The Hall–Kier alpha value is -2.62. The predicted octanol–water partition coefficient (Wildman–Crippen LogP) is 3.20. The van der Waals surface area contributed by atoms with Crippen molar-refractivity contribution < 1.29 is 9.53 Å². The standard InChI is InChI=1S/C18H20N2O2/c1-14(2)22-17-8-5-6-15(12-17)9-10-18(21)20-13-16-7-3-4-11-19-16/h3-12,14H,13H2,1-2H3,(H,20,21)/b10-9+. The van der Waals surface area contributed by atoms with E-state index in [-0.39, 0.29) is 12.0 Å². The molecule has 0 aliphatic heterocycles. The molecule has 0 atom stereocenters. The Morgan fingerprint density at radius 2 is 2.14 bits per heavy atom. The zero-order chi connectivity index (χ0) is 15.8. The molecule has 0 radical (unpaired) electrons. The first-order valence-electron chi connectivity index (χ1n) is 7.26. The molecule has 1 N–H and O–H groups in total. The molecule has 0 aliphatic rings. The molecule has 0 bridgehead atoms. The lowest BCUT2D eigenvalue weighted by Crippen LogP contribution is -2.20. The minimum absolute atomic E-state index is 0.126. The van der Waals surface area contributed by atoms with Crippen LogP contribution in [0, 0.1) is 0 Å². The molecule has 0 spiro atoms. The molecule has 0 saturated carbocycles. The maximum absolute atomic E-state index is 11.8. The first kappa shape index (κ1) is 15.8. The second-order valence-corrected chi connectivity index (χ2v) is 5.11. The Balaban J connectivity index is 1.89. The van der Waals surface area contributed by atoms with Gasteiger partial charge in [0.25, 0.3) is 0 Å². The summed E-state index contributed by atoms with van der Waals surface area (Å²) in [6.45, 7) is 4.38. The van der Waals surface area contributed by atoms with Gasteiger partial charge in [-0.2, -0.15) is 0 Å². The van der Waals surface area contributed by atoms with Gasteiger partial charge in [-0.05, 0) is 49.8 Å². The van der Waals surface area contributed by atoms with E-state index in [0.717, 1.165) is 17.0 Å². The highest BCUT2D eigenvalue weighted by atomic mass is 16.5. The molecule has 4 heteroatoms. The molecule has 114 valence electrons. The Labute approximate surface area is 130 Å². The summed E-state index contributed by atoms with van der Waals surface area (Å²) in [5.41, 5.74) is 1.75. The highest BCUT2D eigenvalue weighted by Crippen LogP contribution is 2.15. The van der Waals surface area contributed by atoms with Crippen LogP contribution in [-0.4, -0.2) is 17.0 Å². The van der Waals surface area contributed by atoms with Crippen molar-refractivity contribution in [3.8, 4) is 5.75 Å². The van der Waals surface area contributed by atoms with Crippen LogP contribution in [0.5, 0.6) is 5.75 Å². The molecule has 1 amide bonds. The fourth-order valence-electron chi connectivity index (χ4n) is 1.87. The van der Waals surface area contributed by atoms with Gasteiger partial charge in [0.15, 0.2) is 0 Å². The summed E-state index contributed by atoms with van der Waals surface area (Å²) in [6, 6.07) is 13.2. The van der Waals surface area contributed by atoms with Crippen LogP contribution in [0.3, 0.4) is 0 Å². The minimum Gasteiger partial charge on any atom is -0.491 e. The molecule has 22 heavy (non-hydrogen) atoms. The van der Waals surface area contributed by atoms with Crippen molar-refractivity contribution in [2.24, 2.45) is 0 Å². The molecule has 0 aliphatic carbocycles. The number of nitrogens with one attached hydrogen (secondary N) is 1. The number of carbonyl (C=O) groups is 1. The van der Waals surface area contributed by atoms with E-state index in [4.69, 9.17) is 4.74 Å². The van der Waals surface area contributed by atoms with Gasteiger partial charge in [-0.3, -0.25) is 9.78 Å². The Morgan fingerprint density at radius 3 is 2.86 bits per heavy atom. The molecule has 2 rings (SSSR count). The fraction of sp³-hybridized carbons (Fsp3) is 0.222. The summed E-state index contributed by atoms with van der Waals surface area (Å²) in [6.07, 6.45) is 5.11. The van der Waals surface area contributed by atoms with Crippen molar-refractivity contribution >= 4 is 12.0 Å². The molecule has 4 nitrogen and oxygen atoms in total. The first-order valence-corrected chi connectivity index (χ1v) is 7.26. The molecule has 0 saturated heterocycles. The molecule has 1 aromatic carbocycles. The van der Waals surface area contributed by atoms with E-state index in [2.05, 4.69) is 10.3 Å². The van der Waals surface area contributed by atoms with Gasteiger partial charge in [0.1, 0.15) is 5.75 Å². The van der Waals surface area contributed by atoms with Crippen LogP contribution in [0.4, 0.5) is 0 Å². The van der Waals surface area contributed by atoms with Crippen molar-refractivity contribution in [2.45, 2.75) is 26.5 Å². The summed E-state index contributed by atoms with van der Waals surface area (Å²) in [5.74, 6) is 0.645. The zero-order valence-electron chi connectivity index (χ0n) is 12.8. The largest absolute Gasteiger partial charge is 0.491 e. The van der Waals surface area contributed by atoms with Gasteiger partial charge in [0.05, 0.1) is 18.3 Å². The maximum Gasteiger partial charge on any atom is 0.244 e. The number of benzene rings is 1. The van der Waals surface area contributed by atoms with E-state index in [1.165, 1.54) is 6.08 Å². The highest BCUT2D eigenvalue weighted by Gasteiger charge is 1.99. The molecule has 2 aromatic rings. The Morgan fingerprint density at radius 1 is 1.27 bits per heavy atom. The first-order chi connectivity index (χ1) is 10.6. The topological polar surface area (TPSA) is 51.2 Å². The van der Waals surface area contributed by atoms with E-state index in [0.29, 0.717) is 6.54 Å². The Kier molecular flexibility index (Phi) is 5.72. The molecular formula is C18H20N2O2. The van der Waals surface area contributed by atoms with Crippen LogP contribution in [0.1, 0.15) is 25.1 Å². The number of pyridine rings is 1.